The molecular formula is C71H89F2N8O12PS2. The number of unbranched alkanes of at least 4 members (excludes halogenated alkanes) is 5. The van der Waals surface area contributed by atoms with Crippen LogP contribution in [-0.4, -0.2) is 139 Å². The van der Waals surface area contributed by atoms with E-state index < -0.39 is 77.6 Å². The molecule has 25 heteroatoms. The number of piperidine rings is 1. The molecule has 96 heavy (non-hydrogen) atoms. The van der Waals surface area contributed by atoms with Gasteiger partial charge in [0.15, 0.2) is 6.61 Å². The summed E-state index contributed by atoms with van der Waals surface area (Å²) < 4.78 is 47.5. The zero-order valence-electron chi connectivity index (χ0n) is 55.7. The van der Waals surface area contributed by atoms with Gasteiger partial charge in [-0.3, -0.25) is 38.1 Å². The number of β-amino-alcohol motifs (C(OH)–C–C–N with tert-alkyl or cyclic N) is 1. The van der Waals surface area contributed by atoms with E-state index in [1.54, 1.807) is 49.8 Å². The summed E-state index contributed by atoms with van der Waals surface area (Å²) in [5, 5.41) is 22.7. The molecule has 5 heterocycles. The first-order chi connectivity index (χ1) is 45.4. The van der Waals surface area contributed by atoms with Crippen LogP contribution in [0.3, 0.4) is 0 Å². The number of fused-ring (bicyclic) bond motifs is 2. The van der Waals surface area contributed by atoms with Gasteiger partial charge in [-0.25, -0.2) is 4.98 Å². The van der Waals surface area contributed by atoms with Crippen LogP contribution >= 0.6 is 30.3 Å². The number of halogens is 2. The third-order valence-corrected chi connectivity index (χ3v) is 21.4. The number of nitrogens with one attached hydrogen (secondary N) is 4. The maximum Gasteiger partial charge on any atom is 0.399 e. The van der Waals surface area contributed by atoms with Crippen molar-refractivity contribution in [3.63, 3.8) is 0 Å². The fourth-order valence-corrected chi connectivity index (χ4v) is 15.0. The van der Waals surface area contributed by atoms with Crippen LogP contribution in [0.1, 0.15) is 168 Å². The van der Waals surface area contributed by atoms with Crippen molar-refractivity contribution in [1.29, 1.82) is 0 Å². The van der Waals surface area contributed by atoms with Crippen LogP contribution < -0.4 is 26.0 Å². The van der Waals surface area contributed by atoms with Crippen LogP contribution in [-0.2, 0) is 52.0 Å². The predicted molar refractivity (Wildman–Crippen MR) is 365 cm³/mol. The molecule has 2 fully saturated rings. The lowest BCUT2D eigenvalue weighted by molar-refractivity contribution is -0.150. The Hall–Kier alpha value is -7.47. The third-order valence-electron chi connectivity index (χ3n) is 18.3. The average Bonchev–Trinajstić information content (AvgIpc) is 0.836. The summed E-state index contributed by atoms with van der Waals surface area (Å²) in [6.45, 7) is 15.8. The minimum atomic E-state index is -5.87. The van der Waals surface area contributed by atoms with E-state index in [1.165, 1.54) is 21.9 Å². The number of aliphatic hydroxyl groups is 1. The van der Waals surface area contributed by atoms with Crippen LogP contribution in [0.5, 0.6) is 5.75 Å². The minimum Gasteiger partial charge on any atom is -0.484 e. The van der Waals surface area contributed by atoms with Crippen molar-refractivity contribution in [2.75, 3.05) is 32.8 Å². The second-order valence-electron chi connectivity index (χ2n) is 27.8. The highest BCUT2D eigenvalue weighted by molar-refractivity contribution is 7.52. The Morgan fingerprint density at radius 2 is 1.44 bits per heavy atom. The third kappa shape index (κ3) is 17.8. The molecule has 20 nitrogen and oxygen atoms in total. The van der Waals surface area contributed by atoms with Crippen molar-refractivity contribution in [3.8, 4) is 16.2 Å². The first kappa shape index (κ1) is 72.8. The van der Waals surface area contributed by atoms with Crippen LogP contribution in [0.15, 0.2) is 103 Å². The highest BCUT2D eigenvalue weighted by Gasteiger charge is 2.51. The van der Waals surface area contributed by atoms with Crippen molar-refractivity contribution in [2.45, 2.75) is 180 Å². The Labute approximate surface area is 567 Å². The fraction of sp³-hybridized carbons (Fsp3) is 0.493. The SMILES string of the molecule is Cc1ncsc1-c1ccc([C@H](C)NC(=O)[C@@H]2C[C@@H](O)CN2C(=O)[C@@H](NC(=O)CCCCCCCCNC(=O)COc2ccc3c(c2)CN(C(=O)[C@@H](NC(=O)c2cc4cc(C(F)(F)P(=O)(O)O)ccc4s2)C(C)(C)C)[C@H](C(=O)N2CCC[C@H](c4ccccc4)C2)C3)C(C)(C)C)cc1. The Balaban J connectivity index is 0.742. The molecule has 7 amide bonds. The second-order valence-corrected chi connectivity index (χ2v) is 31.4. The van der Waals surface area contributed by atoms with E-state index in [-0.39, 0.29) is 84.8 Å². The van der Waals surface area contributed by atoms with Gasteiger partial charge in [0.05, 0.1) is 33.1 Å². The largest absolute Gasteiger partial charge is 0.484 e. The Morgan fingerprint density at radius 3 is 2.11 bits per heavy atom. The monoisotopic (exact) mass is 1380 g/mol. The molecule has 6 aromatic rings. The van der Waals surface area contributed by atoms with E-state index in [4.69, 9.17) is 4.74 Å². The van der Waals surface area contributed by atoms with Gasteiger partial charge in [-0.2, -0.15) is 8.78 Å². The number of hydrogen-bond donors (Lipinski definition) is 7. The number of aromatic nitrogens is 1. The summed E-state index contributed by atoms with van der Waals surface area (Å²) in [5.41, 5.74) is 0.288. The van der Waals surface area contributed by atoms with Gasteiger partial charge in [-0.05, 0) is 114 Å². The highest BCUT2D eigenvalue weighted by Crippen LogP contribution is 2.59. The van der Waals surface area contributed by atoms with Gasteiger partial charge < -0.3 is 55.6 Å². The molecule has 0 saturated carbocycles. The van der Waals surface area contributed by atoms with Gasteiger partial charge in [0.25, 0.3) is 11.8 Å². The maximum absolute atomic E-state index is 15.2. The summed E-state index contributed by atoms with van der Waals surface area (Å²) in [6.07, 6.45) is 5.84. The van der Waals surface area contributed by atoms with Crippen molar-refractivity contribution in [3.05, 3.63) is 141 Å². The number of carbonyl (C=O) groups excluding carboxylic acids is 7. The van der Waals surface area contributed by atoms with Crippen molar-refractivity contribution >= 4 is 81.7 Å². The molecule has 0 radical (unpaired) electrons. The quantitative estimate of drug-likeness (QED) is 0.0208. The predicted octanol–water partition coefficient (Wildman–Crippen LogP) is 10.7. The van der Waals surface area contributed by atoms with Gasteiger partial charge >= 0.3 is 13.3 Å². The van der Waals surface area contributed by atoms with Crippen molar-refractivity contribution in [1.82, 2.24) is 41.0 Å². The molecule has 7 N–H and O–H groups in total. The van der Waals surface area contributed by atoms with Crippen LogP contribution in [0, 0.1) is 17.8 Å². The molecule has 0 unspecified atom stereocenters. The number of likely N-dealkylation sites (tertiary alicyclic amines) is 2. The van der Waals surface area contributed by atoms with Crippen LogP contribution in [0.2, 0.25) is 0 Å². The van der Waals surface area contributed by atoms with Crippen molar-refractivity contribution < 1.29 is 66.5 Å². The molecule has 2 saturated heterocycles. The first-order valence-electron chi connectivity index (χ1n) is 32.9. The standard InChI is InChI=1S/C71H89F2N8O12PS2/c1-43(45-23-25-47(26-24-45)61-44(2)75-42-95-61)76-64(85)55-37-53(82)40-81(55)67(88)62(69(3,4)5)77-59(83)22-16-11-9-10-12-17-31-74-60(84)41-93-54-29-27-48-35-56(66(87)79-32-18-21-49(38-79)46-19-14-13-15-20-46)80(39-51(48)34-54)68(89)63(70(6,7)8)78-65(86)58-36-50-33-52(28-30-57(50)96-58)71(72,73)94(90,91)92/h13-15,19-20,23-30,33-34,36,42-43,49,53,55-56,62-63,82H,9-12,16-18,21-22,31-32,35,37-41H2,1-8H3,(H,74,84)(H,76,85)(H,77,83)(H,78,86)(H2,90,91,92)/t43-,49-,53+,55-,56-,62+,63+/m0/s1. The smallest absolute Gasteiger partial charge is 0.399 e. The Morgan fingerprint density at radius 1 is 0.760 bits per heavy atom. The van der Waals surface area contributed by atoms with Gasteiger partial charge in [0.2, 0.25) is 29.5 Å². The number of aryl methyl sites for hydroxylation is 1. The van der Waals surface area contributed by atoms with E-state index in [0.717, 1.165) is 94.8 Å². The molecule has 3 aliphatic heterocycles. The number of aliphatic hydroxyl groups excluding tert-OH is 1. The number of nitrogens with zero attached hydrogens (tertiary/aromatic N) is 4. The molecular weight excluding hydrogens is 1290 g/mol. The number of thiazole rings is 1. The molecule has 0 aliphatic carbocycles. The summed E-state index contributed by atoms with van der Waals surface area (Å²) in [4.78, 5) is 128. The maximum atomic E-state index is 15.2. The van der Waals surface area contributed by atoms with E-state index in [2.05, 4.69) is 26.3 Å². The Kier molecular flexibility index (Phi) is 23.5. The molecule has 3 aliphatic rings. The van der Waals surface area contributed by atoms with Crippen LogP contribution in [0.25, 0.3) is 20.5 Å². The number of ether oxygens (including phenoxy) is 1. The molecule has 4 aromatic carbocycles. The van der Waals surface area contributed by atoms with Gasteiger partial charge in [0, 0.05) is 68.2 Å². The normalized spacial score (nSPS) is 18.7. The van der Waals surface area contributed by atoms with Gasteiger partial charge in [0.1, 0.15) is 29.9 Å². The lowest BCUT2D eigenvalue weighted by atomic mass is 9.83. The molecule has 516 valence electrons. The average molecular weight is 1380 g/mol. The number of hydrogen-bond acceptors (Lipinski definition) is 13. The highest BCUT2D eigenvalue weighted by atomic mass is 32.1. The van der Waals surface area contributed by atoms with E-state index >= 15 is 4.79 Å². The zero-order valence-corrected chi connectivity index (χ0v) is 58.2. The summed E-state index contributed by atoms with van der Waals surface area (Å²) >= 11 is 2.52. The lowest BCUT2D eigenvalue weighted by Gasteiger charge is -2.43. The number of alkyl halides is 2. The van der Waals surface area contributed by atoms with E-state index in [1.807, 2.05) is 100 Å². The zero-order chi connectivity index (χ0) is 69.4. The van der Waals surface area contributed by atoms with E-state index in [0.29, 0.717) is 48.5 Å². The minimum absolute atomic E-state index is 0.0262. The van der Waals surface area contributed by atoms with Crippen LogP contribution in [0.4, 0.5) is 8.78 Å². The number of amides is 7. The number of rotatable bonds is 25. The summed E-state index contributed by atoms with van der Waals surface area (Å²) in [7, 11) is -5.87. The molecule has 0 spiro atoms. The van der Waals surface area contributed by atoms with Gasteiger partial charge in [-0.15, -0.1) is 22.7 Å². The summed E-state index contributed by atoms with van der Waals surface area (Å²) in [5.74, 6) is -2.39. The number of thiophene rings is 1. The number of benzene rings is 4. The fourth-order valence-electron chi connectivity index (χ4n) is 12.8. The molecule has 9 rings (SSSR count). The second kappa shape index (κ2) is 30.9. The Bertz CT molecular complexity index is 3830. The summed E-state index contributed by atoms with van der Waals surface area (Å²) in [6, 6.07) is 23.2. The number of carbonyl (C=O) groups is 7. The molecule has 0 bridgehead atoms. The van der Waals surface area contributed by atoms with Crippen molar-refractivity contribution in [2.24, 2.45) is 10.8 Å². The molecule has 2 aromatic heterocycles. The first-order valence-corrected chi connectivity index (χ1v) is 36.2. The van der Waals surface area contributed by atoms with Gasteiger partial charge in [-0.1, -0.05) is 134 Å². The molecule has 7 atom stereocenters. The topological polar surface area (TPSA) is 277 Å². The van der Waals surface area contributed by atoms with E-state index in [9.17, 15) is 57.0 Å². The lowest BCUT2D eigenvalue weighted by Crippen LogP contribution is -2.61.